The fourth-order valence-electron chi connectivity index (χ4n) is 3.52. The molecule has 0 aliphatic carbocycles. The molecular weight excluding hydrogens is 356 g/mol. The highest BCUT2D eigenvalue weighted by Crippen LogP contribution is 2.27. The molecule has 3 rings (SSSR count). The van der Waals surface area contributed by atoms with Crippen LogP contribution >= 0.6 is 11.3 Å². The lowest BCUT2D eigenvalue weighted by molar-refractivity contribution is 0.249. The first-order valence-electron chi connectivity index (χ1n) is 9.56. The highest BCUT2D eigenvalue weighted by atomic mass is 32.1. The number of rotatable bonds is 7. The fraction of sp³-hybridized carbons (Fsp3) is 0.476. The minimum absolute atomic E-state index is 0.408. The van der Waals surface area contributed by atoms with Crippen LogP contribution in [0.5, 0.6) is 5.75 Å². The summed E-state index contributed by atoms with van der Waals surface area (Å²) in [6.45, 7) is 5.99. The lowest BCUT2D eigenvalue weighted by Crippen LogP contribution is -2.42. The number of methoxy groups -OCH3 is 1. The Kier molecular flexibility index (Phi) is 7.12. The van der Waals surface area contributed by atoms with Crippen LogP contribution in [0.3, 0.4) is 0 Å². The molecule has 0 saturated carbocycles. The molecule has 2 aromatic rings. The topological polar surface area (TPSA) is 48.9 Å². The van der Waals surface area contributed by atoms with Gasteiger partial charge in [0.15, 0.2) is 5.96 Å². The van der Waals surface area contributed by atoms with E-state index in [9.17, 15) is 0 Å². The minimum atomic E-state index is 0.408. The van der Waals surface area contributed by atoms with Crippen LogP contribution in [-0.4, -0.2) is 44.7 Å². The smallest absolute Gasteiger partial charge is 0.191 e. The molecule has 27 heavy (non-hydrogen) atoms. The predicted molar refractivity (Wildman–Crippen MR) is 114 cm³/mol. The summed E-state index contributed by atoms with van der Waals surface area (Å²) in [5.41, 5.74) is 2.32. The van der Waals surface area contributed by atoms with Crippen molar-refractivity contribution in [2.24, 2.45) is 4.99 Å². The summed E-state index contributed by atoms with van der Waals surface area (Å²) in [5, 5.41) is 9.10. The maximum atomic E-state index is 5.42. The number of ether oxygens (including phenoxy) is 1. The van der Waals surface area contributed by atoms with Gasteiger partial charge in [-0.25, -0.2) is 0 Å². The third kappa shape index (κ3) is 5.23. The fourth-order valence-corrected chi connectivity index (χ4v) is 4.38. The van der Waals surface area contributed by atoms with Gasteiger partial charge in [0.25, 0.3) is 0 Å². The lowest BCUT2D eigenvalue weighted by atomic mass is 10.1. The summed E-state index contributed by atoms with van der Waals surface area (Å²) in [6.07, 6.45) is 2.59. The molecular formula is C21H30N4OS. The Labute approximate surface area is 166 Å². The second-order valence-corrected chi connectivity index (χ2v) is 7.86. The summed E-state index contributed by atoms with van der Waals surface area (Å²) in [4.78, 5) is 8.39. The summed E-state index contributed by atoms with van der Waals surface area (Å²) in [5.74, 6) is 1.75. The van der Waals surface area contributed by atoms with Gasteiger partial charge < -0.3 is 15.4 Å². The summed E-state index contributed by atoms with van der Waals surface area (Å²) in [6, 6.07) is 11.1. The van der Waals surface area contributed by atoms with E-state index in [-0.39, 0.29) is 0 Å². The zero-order valence-corrected chi connectivity index (χ0v) is 17.3. The zero-order chi connectivity index (χ0) is 19.1. The summed E-state index contributed by atoms with van der Waals surface area (Å²) >= 11 is 1.84. The molecule has 0 amide bonds. The normalized spacial score (nSPS) is 16.3. The van der Waals surface area contributed by atoms with Gasteiger partial charge in [-0.05, 0) is 61.5 Å². The molecule has 1 atom stereocenters. The van der Waals surface area contributed by atoms with Crippen LogP contribution in [0.4, 0.5) is 0 Å². The zero-order valence-electron chi connectivity index (χ0n) is 16.5. The number of hydrogen-bond acceptors (Lipinski definition) is 4. The van der Waals surface area contributed by atoms with Crippen molar-refractivity contribution in [1.29, 1.82) is 0 Å². The first-order chi connectivity index (χ1) is 13.2. The van der Waals surface area contributed by atoms with Gasteiger partial charge in [0.05, 0.1) is 13.2 Å². The van der Waals surface area contributed by atoms with Crippen molar-refractivity contribution in [3.63, 3.8) is 0 Å². The third-order valence-corrected chi connectivity index (χ3v) is 6.05. The van der Waals surface area contributed by atoms with Gasteiger partial charge >= 0.3 is 0 Å². The van der Waals surface area contributed by atoms with Crippen LogP contribution in [0.1, 0.15) is 34.9 Å². The number of benzene rings is 1. The van der Waals surface area contributed by atoms with Gasteiger partial charge in [-0.2, -0.15) is 0 Å². The Balaban J connectivity index is 1.57. The number of aliphatic imine (C=N–C) groups is 1. The molecule has 6 heteroatoms. The number of nitrogens with one attached hydrogen (secondary N) is 2. The molecule has 146 valence electrons. The number of guanidine groups is 1. The van der Waals surface area contributed by atoms with Crippen molar-refractivity contribution in [2.45, 2.75) is 32.4 Å². The third-order valence-electron chi connectivity index (χ3n) is 5.07. The van der Waals surface area contributed by atoms with E-state index in [0.29, 0.717) is 12.6 Å². The van der Waals surface area contributed by atoms with E-state index in [4.69, 9.17) is 4.74 Å². The van der Waals surface area contributed by atoms with Crippen LogP contribution in [0.15, 0.2) is 40.7 Å². The second-order valence-electron chi connectivity index (χ2n) is 6.88. The molecule has 1 aliphatic rings. The molecule has 1 aromatic heterocycles. The van der Waals surface area contributed by atoms with E-state index in [1.807, 2.05) is 18.4 Å². The number of hydrogen-bond donors (Lipinski definition) is 2. The first kappa shape index (κ1) is 19.7. The molecule has 2 heterocycles. The van der Waals surface area contributed by atoms with Gasteiger partial charge in [0.1, 0.15) is 5.75 Å². The van der Waals surface area contributed by atoms with Crippen LogP contribution in [0, 0.1) is 6.92 Å². The Hall–Kier alpha value is -2.05. The lowest BCUT2D eigenvalue weighted by Gasteiger charge is -2.27. The van der Waals surface area contributed by atoms with Crippen molar-refractivity contribution in [1.82, 2.24) is 15.5 Å². The number of nitrogens with zero attached hydrogens (tertiary/aromatic N) is 2. The van der Waals surface area contributed by atoms with Gasteiger partial charge in [-0.15, -0.1) is 11.3 Å². The second kappa shape index (κ2) is 9.76. The van der Waals surface area contributed by atoms with Gasteiger partial charge in [0, 0.05) is 25.0 Å². The maximum Gasteiger partial charge on any atom is 0.191 e. The molecule has 0 bridgehead atoms. The van der Waals surface area contributed by atoms with E-state index >= 15 is 0 Å². The van der Waals surface area contributed by atoms with Crippen molar-refractivity contribution >= 4 is 17.3 Å². The Morgan fingerprint density at radius 3 is 2.74 bits per heavy atom. The average Bonchev–Trinajstić information content (AvgIpc) is 3.40. The van der Waals surface area contributed by atoms with Crippen molar-refractivity contribution in [3.8, 4) is 5.75 Å². The van der Waals surface area contributed by atoms with Crippen molar-refractivity contribution in [3.05, 3.63) is 51.7 Å². The summed E-state index contributed by atoms with van der Waals surface area (Å²) in [7, 11) is 3.53. The highest BCUT2D eigenvalue weighted by molar-refractivity contribution is 7.10. The number of aryl methyl sites for hydroxylation is 1. The monoisotopic (exact) mass is 386 g/mol. The van der Waals surface area contributed by atoms with Gasteiger partial charge in [0.2, 0.25) is 0 Å². The average molecular weight is 387 g/mol. The van der Waals surface area contributed by atoms with Crippen LogP contribution in [0.2, 0.25) is 0 Å². The SMILES string of the molecule is CN=C(NCc1ccc(C)c(OC)c1)NCC(c1cccs1)N1CCCC1. The Morgan fingerprint density at radius 1 is 1.26 bits per heavy atom. The highest BCUT2D eigenvalue weighted by Gasteiger charge is 2.24. The van der Waals surface area contributed by atoms with Gasteiger partial charge in [-0.3, -0.25) is 9.89 Å². The number of thiophene rings is 1. The summed E-state index contributed by atoms with van der Waals surface area (Å²) < 4.78 is 5.42. The Bertz CT molecular complexity index is 739. The van der Waals surface area contributed by atoms with Gasteiger partial charge in [-0.1, -0.05) is 18.2 Å². The van der Waals surface area contributed by atoms with E-state index in [2.05, 4.69) is 63.2 Å². The van der Waals surface area contributed by atoms with Crippen LogP contribution in [-0.2, 0) is 6.54 Å². The van der Waals surface area contributed by atoms with E-state index < -0.39 is 0 Å². The van der Waals surface area contributed by atoms with E-state index in [0.717, 1.165) is 23.8 Å². The predicted octanol–water partition coefficient (Wildman–Crippen LogP) is 3.57. The molecule has 2 N–H and O–H groups in total. The number of likely N-dealkylation sites (tertiary alicyclic amines) is 1. The molecule has 1 aliphatic heterocycles. The molecule has 0 spiro atoms. The first-order valence-corrected chi connectivity index (χ1v) is 10.4. The van der Waals surface area contributed by atoms with Crippen LogP contribution in [0.25, 0.3) is 0 Å². The molecule has 1 saturated heterocycles. The quantitative estimate of drug-likeness (QED) is 0.564. The molecule has 5 nitrogen and oxygen atoms in total. The minimum Gasteiger partial charge on any atom is -0.496 e. The van der Waals surface area contributed by atoms with E-state index in [1.54, 1.807) is 7.11 Å². The molecule has 1 unspecified atom stereocenters. The molecule has 1 aromatic carbocycles. The largest absolute Gasteiger partial charge is 0.496 e. The van der Waals surface area contributed by atoms with Crippen molar-refractivity contribution in [2.75, 3.05) is 33.8 Å². The maximum absolute atomic E-state index is 5.42. The standard InChI is InChI=1S/C21H30N4OS/c1-16-8-9-17(13-19(16)26-3)14-23-21(22-2)24-15-18(20-7-6-12-27-20)25-10-4-5-11-25/h6-9,12-13,18H,4-5,10-11,14-15H2,1-3H3,(H2,22,23,24). The van der Waals surface area contributed by atoms with Crippen LogP contribution < -0.4 is 15.4 Å². The Morgan fingerprint density at radius 2 is 2.07 bits per heavy atom. The van der Waals surface area contributed by atoms with Crippen molar-refractivity contribution < 1.29 is 4.74 Å². The molecule has 1 fully saturated rings. The van der Waals surface area contributed by atoms with E-state index in [1.165, 1.54) is 36.4 Å². The molecule has 0 radical (unpaired) electrons.